The van der Waals surface area contributed by atoms with E-state index in [-0.39, 0.29) is 5.91 Å². The Balaban J connectivity index is 1.87. The van der Waals surface area contributed by atoms with Gasteiger partial charge in [0.15, 0.2) is 0 Å². The second-order valence-electron chi connectivity index (χ2n) is 5.40. The van der Waals surface area contributed by atoms with Crippen LogP contribution in [-0.2, 0) is 11.2 Å². The fourth-order valence-corrected chi connectivity index (χ4v) is 3.00. The molecule has 0 unspecified atom stereocenters. The summed E-state index contributed by atoms with van der Waals surface area (Å²) in [4.78, 5) is 15.6. The first kappa shape index (κ1) is 15.7. The molecule has 0 aliphatic heterocycles. The van der Waals surface area contributed by atoms with Crippen LogP contribution in [-0.4, -0.2) is 40.6 Å². The molecule has 1 atom stereocenters. The summed E-state index contributed by atoms with van der Waals surface area (Å²) in [6.45, 7) is 6.29. The van der Waals surface area contributed by atoms with E-state index >= 15 is 0 Å². The van der Waals surface area contributed by atoms with E-state index in [9.17, 15) is 4.79 Å². The predicted octanol–water partition coefficient (Wildman–Crippen LogP) is 2.59. The molecule has 5 nitrogen and oxygen atoms in total. The molecular weight excluding hydrogens is 284 g/mol. The van der Waals surface area contributed by atoms with Gasteiger partial charge in [0.1, 0.15) is 0 Å². The molecule has 0 spiro atoms. The Labute approximate surface area is 129 Å². The van der Waals surface area contributed by atoms with Crippen LogP contribution in [0.15, 0.2) is 17.5 Å². The quantitative estimate of drug-likeness (QED) is 0.862. The molecule has 1 amide bonds. The van der Waals surface area contributed by atoms with Crippen molar-refractivity contribution in [2.24, 2.45) is 0 Å². The van der Waals surface area contributed by atoms with E-state index in [2.05, 4.69) is 44.9 Å². The first-order valence-electron chi connectivity index (χ1n) is 7.01. The minimum absolute atomic E-state index is 0.0110. The first-order chi connectivity index (χ1) is 9.97. The topological polar surface area (TPSA) is 61.0 Å². The molecular formula is C15H22N4OS. The standard InChI is InChI=1S/C15H22N4OS/c1-10(8-13-6-5-7-21-13)19(4)9-14(20)16-15-11(2)17-18-12(15)3/h5-7,10H,8-9H2,1-4H3,(H,16,20)(H,17,18)/t10-/m0/s1. The minimum Gasteiger partial charge on any atom is -0.322 e. The highest BCUT2D eigenvalue weighted by Crippen LogP contribution is 2.16. The Hall–Kier alpha value is -1.66. The smallest absolute Gasteiger partial charge is 0.238 e. The molecule has 114 valence electrons. The fraction of sp³-hybridized carbons (Fsp3) is 0.467. The Morgan fingerprint density at radius 3 is 2.86 bits per heavy atom. The number of carbonyl (C=O) groups excluding carboxylic acids is 1. The lowest BCUT2D eigenvalue weighted by atomic mass is 10.2. The van der Waals surface area contributed by atoms with E-state index < -0.39 is 0 Å². The molecule has 21 heavy (non-hydrogen) atoms. The Morgan fingerprint density at radius 2 is 2.29 bits per heavy atom. The van der Waals surface area contributed by atoms with Gasteiger partial charge in [-0.05, 0) is 45.7 Å². The molecule has 2 heterocycles. The summed E-state index contributed by atoms with van der Waals surface area (Å²) in [6.07, 6.45) is 0.964. The third-order valence-electron chi connectivity index (χ3n) is 3.61. The average molecular weight is 306 g/mol. The third kappa shape index (κ3) is 4.15. The van der Waals surface area contributed by atoms with Gasteiger partial charge in [0, 0.05) is 10.9 Å². The van der Waals surface area contributed by atoms with Crippen molar-refractivity contribution in [1.29, 1.82) is 0 Å². The number of likely N-dealkylation sites (N-methyl/N-ethyl adjacent to an activating group) is 1. The maximum atomic E-state index is 12.1. The van der Waals surface area contributed by atoms with Crippen LogP contribution in [0.2, 0.25) is 0 Å². The van der Waals surface area contributed by atoms with E-state index in [4.69, 9.17) is 0 Å². The summed E-state index contributed by atoms with van der Waals surface area (Å²) in [7, 11) is 1.98. The molecule has 2 rings (SSSR count). The Bertz CT molecular complexity index is 571. The number of H-pyrrole nitrogens is 1. The van der Waals surface area contributed by atoms with Crippen LogP contribution in [0.3, 0.4) is 0 Å². The molecule has 0 fully saturated rings. The number of rotatable bonds is 6. The summed E-state index contributed by atoms with van der Waals surface area (Å²) in [5, 5.41) is 12.0. The van der Waals surface area contributed by atoms with Gasteiger partial charge in [-0.25, -0.2) is 0 Å². The monoisotopic (exact) mass is 306 g/mol. The highest BCUT2D eigenvalue weighted by atomic mass is 32.1. The molecule has 2 aromatic rings. The second kappa shape index (κ2) is 6.87. The lowest BCUT2D eigenvalue weighted by molar-refractivity contribution is -0.117. The maximum Gasteiger partial charge on any atom is 0.238 e. The fourth-order valence-electron chi connectivity index (χ4n) is 2.17. The zero-order valence-electron chi connectivity index (χ0n) is 12.9. The predicted molar refractivity (Wildman–Crippen MR) is 86.8 cm³/mol. The highest BCUT2D eigenvalue weighted by Gasteiger charge is 2.16. The van der Waals surface area contributed by atoms with Crippen molar-refractivity contribution in [3.8, 4) is 0 Å². The van der Waals surface area contributed by atoms with Crippen molar-refractivity contribution >= 4 is 22.9 Å². The molecule has 2 N–H and O–H groups in total. The van der Waals surface area contributed by atoms with E-state index in [1.54, 1.807) is 11.3 Å². The van der Waals surface area contributed by atoms with Crippen molar-refractivity contribution in [3.05, 3.63) is 33.8 Å². The lowest BCUT2D eigenvalue weighted by Crippen LogP contribution is -2.37. The van der Waals surface area contributed by atoms with Gasteiger partial charge in [-0.1, -0.05) is 6.07 Å². The summed E-state index contributed by atoms with van der Waals surface area (Å²) in [6, 6.07) is 4.51. The Kier molecular flexibility index (Phi) is 5.14. The lowest BCUT2D eigenvalue weighted by Gasteiger charge is -2.23. The van der Waals surface area contributed by atoms with Crippen molar-refractivity contribution in [3.63, 3.8) is 0 Å². The number of hydrogen-bond acceptors (Lipinski definition) is 4. The van der Waals surface area contributed by atoms with Crippen molar-refractivity contribution < 1.29 is 4.79 Å². The van der Waals surface area contributed by atoms with E-state index in [0.29, 0.717) is 12.6 Å². The van der Waals surface area contributed by atoms with Gasteiger partial charge >= 0.3 is 0 Å². The summed E-state index contributed by atoms with van der Waals surface area (Å²) >= 11 is 1.76. The normalized spacial score (nSPS) is 12.6. The number of aromatic nitrogens is 2. The molecule has 0 bridgehead atoms. The van der Waals surface area contributed by atoms with Gasteiger partial charge in [-0.15, -0.1) is 11.3 Å². The zero-order chi connectivity index (χ0) is 15.4. The number of hydrogen-bond donors (Lipinski definition) is 2. The summed E-state index contributed by atoms with van der Waals surface area (Å²) in [5.74, 6) is -0.0110. The highest BCUT2D eigenvalue weighted by molar-refractivity contribution is 7.09. The molecule has 0 aliphatic carbocycles. The number of aromatic amines is 1. The van der Waals surface area contributed by atoms with Crippen LogP contribution >= 0.6 is 11.3 Å². The number of thiophene rings is 1. The van der Waals surface area contributed by atoms with Crippen LogP contribution in [0.5, 0.6) is 0 Å². The number of nitrogens with one attached hydrogen (secondary N) is 2. The first-order valence-corrected chi connectivity index (χ1v) is 7.89. The second-order valence-corrected chi connectivity index (χ2v) is 6.44. The third-order valence-corrected chi connectivity index (χ3v) is 4.51. The molecule has 0 radical (unpaired) electrons. The van der Waals surface area contributed by atoms with Gasteiger partial charge in [-0.3, -0.25) is 14.8 Å². The van der Waals surface area contributed by atoms with Crippen molar-refractivity contribution in [2.75, 3.05) is 18.9 Å². The molecule has 0 saturated heterocycles. The molecule has 2 aromatic heterocycles. The zero-order valence-corrected chi connectivity index (χ0v) is 13.8. The molecule has 0 saturated carbocycles. The van der Waals surface area contributed by atoms with Crippen LogP contribution in [0.4, 0.5) is 5.69 Å². The summed E-state index contributed by atoms with van der Waals surface area (Å²) < 4.78 is 0. The van der Waals surface area contributed by atoms with E-state index in [1.165, 1.54) is 4.88 Å². The Morgan fingerprint density at radius 1 is 1.52 bits per heavy atom. The largest absolute Gasteiger partial charge is 0.322 e. The number of nitrogens with zero attached hydrogens (tertiary/aromatic N) is 2. The SMILES string of the molecule is Cc1n[nH]c(C)c1NC(=O)CN(C)[C@@H](C)Cc1cccs1. The van der Waals surface area contributed by atoms with E-state index in [1.807, 2.05) is 20.9 Å². The van der Waals surface area contributed by atoms with Gasteiger partial charge < -0.3 is 5.32 Å². The maximum absolute atomic E-state index is 12.1. The van der Waals surface area contributed by atoms with E-state index in [0.717, 1.165) is 23.5 Å². The van der Waals surface area contributed by atoms with Crippen molar-refractivity contribution in [2.45, 2.75) is 33.2 Å². The van der Waals surface area contributed by atoms with Crippen LogP contribution < -0.4 is 5.32 Å². The van der Waals surface area contributed by atoms with Crippen LogP contribution in [0.25, 0.3) is 0 Å². The van der Waals surface area contributed by atoms with Gasteiger partial charge in [0.25, 0.3) is 0 Å². The van der Waals surface area contributed by atoms with Crippen LogP contribution in [0.1, 0.15) is 23.2 Å². The molecule has 0 aliphatic rings. The number of anilines is 1. The summed E-state index contributed by atoms with van der Waals surface area (Å²) in [5.41, 5.74) is 2.49. The molecule has 0 aromatic carbocycles. The number of aryl methyl sites for hydroxylation is 2. The van der Waals surface area contributed by atoms with Crippen LogP contribution in [0, 0.1) is 13.8 Å². The average Bonchev–Trinajstić information content (AvgIpc) is 3.03. The molecule has 6 heteroatoms. The van der Waals surface area contributed by atoms with Gasteiger partial charge in [0.05, 0.1) is 23.6 Å². The van der Waals surface area contributed by atoms with Crippen molar-refractivity contribution in [1.82, 2.24) is 15.1 Å². The number of carbonyl (C=O) groups is 1. The number of amides is 1. The van der Waals surface area contributed by atoms with Gasteiger partial charge in [-0.2, -0.15) is 5.10 Å². The minimum atomic E-state index is -0.0110. The van der Waals surface area contributed by atoms with Gasteiger partial charge in [0.2, 0.25) is 5.91 Å².